The van der Waals surface area contributed by atoms with Crippen molar-refractivity contribution in [1.82, 2.24) is 20.2 Å². The van der Waals surface area contributed by atoms with Gasteiger partial charge in [0.15, 0.2) is 5.82 Å². The average molecular weight is 552 g/mol. The van der Waals surface area contributed by atoms with Crippen LogP contribution >= 0.6 is 35.1 Å². The highest BCUT2D eigenvalue weighted by Gasteiger charge is 2.22. The Morgan fingerprint density at radius 2 is 1.97 bits per heavy atom. The van der Waals surface area contributed by atoms with Crippen LogP contribution in [0.1, 0.15) is 22.9 Å². The number of hydrogen-bond acceptors (Lipinski definition) is 8. The van der Waals surface area contributed by atoms with Gasteiger partial charge in [0.2, 0.25) is 0 Å². The summed E-state index contributed by atoms with van der Waals surface area (Å²) in [7, 11) is 0. The molecule has 0 aliphatic rings. The molecule has 0 bridgehead atoms. The SMILES string of the molecule is CC(NC(N)=O)c1nc2c(F)c(-c3csc(CN(CCO)CCO)c3)cc(-c3ccccn3)c2s1.Cl. The molecule has 3 aromatic heterocycles. The van der Waals surface area contributed by atoms with Crippen LogP contribution in [0.15, 0.2) is 41.9 Å². The second kappa shape index (κ2) is 12.5. The standard InChI is InChI=1S/C24H26FN5O3S2.ClH/c1-14(28-24(26)33)23-29-21-20(25)17(11-18(22(21)35-23)19-4-2-3-5-27-19)15-10-16(34-13-15)12-30(6-8-31)7-9-32;/h2-5,10-11,13-14,31-32H,6-9,12H2,1H3,(H3,26,28,33);1H. The Kier molecular flexibility index (Phi) is 9.71. The molecule has 1 unspecified atom stereocenters. The van der Waals surface area contributed by atoms with Crippen molar-refractivity contribution in [1.29, 1.82) is 0 Å². The van der Waals surface area contributed by atoms with Crippen molar-refractivity contribution in [3.05, 3.63) is 57.6 Å². The quantitative estimate of drug-likeness (QED) is 0.234. The van der Waals surface area contributed by atoms with Gasteiger partial charge in [0.05, 0.1) is 29.6 Å². The number of nitrogens with one attached hydrogen (secondary N) is 1. The maximum Gasteiger partial charge on any atom is 0.312 e. The highest BCUT2D eigenvalue weighted by Crippen LogP contribution is 2.41. The minimum Gasteiger partial charge on any atom is -0.395 e. The maximum atomic E-state index is 15.8. The highest BCUT2D eigenvalue weighted by molar-refractivity contribution is 7.19. The first-order valence-electron chi connectivity index (χ1n) is 11.0. The van der Waals surface area contributed by atoms with Crippen LogP contribution in [0.25, 0.3) is 32.6 Å². The Morgan fingerprint density at radius 3 is 2.61 bits per heavy atom. The molecule has 0 aliphatic carbocycles. The zero-order chi connectivity index (χ0) is 24.9. The summed E-state index contributed by atoms with van der Waals surface area (Å²) in [6, 6.07) is 8.11. The molecule has 2 amide bonds. The number of thiophene rings is 1. The topological polar surface area (TPSA) is 125 Å². The number of nitrogens with two attached hydrogens (primary N) is 1. The fraction of sp³-hybridized carbons (Fsp3) is 0.292. The number of benzene rings is 1. The summed E-state index contributed by atoms with van der Waals surface area (Å²) < 4.78 is 16.5. The molecule has 12 heteroatoms. The third kappa shape index (κ3) is 6.17. The number of pyridine rings is 1. The number of aliphatic hydroxyl groups excluding tert-OH is 2. The van der Waals surface area contributed by atoms with Crippen molar-refractivity contribution in [3.8, 4) is 22.4 Å². The molecule has 0 radical (unpaired) electrons. The number of nitrogens with zero attached hydrogens (tertiary/aromatic N) is 3. The fourth-order valence-electron chi connectivity index (χ4n) is 3.83. The molecule has 0 aliphatic heterocycles. The van der Waals surface area contributed by atoms with E-state index >= 15 is 4.39 Å². The van der Waals surface area contributed by atoms with Gasteiger partial charge < -0.3 is 21.3 Å². The molecular weight excluding hydrogens is 525 g/mol. The fourth-order valence-corrected chi connectivity index (χ4v) is 5.84. The van der Waals surface area contributed by atoms with E-state index in [2.05, 4.69) is 15.3 Å². The molecule has 0 spiro atoms. The van der Waals surface area contributed by atoms with E-state index in [0.29, 0.717) is 46.2 Å². The second-order valence-corrected chi connectivity index (χ2v) is 10.0. The smallest absolute Gasteiger partial charge is 0.312 e. The number of urea groups is 1. The lowest BCUT2D eigenvalue weighted by atomic mass is 10.0. The van der Waals surface area contributed by atoms with E-state index < -0.39 is 17.9 Å². The van der Waals surface area contributed by atoms with E-state index in [1.807, 2.05) is 34.5 Å². The van der Waals surface area contributed by atoms with Crippen molar-refractivity contribution in [2.75, 3.05) is 26.3 Å². The first-order chi connectivity index (χ1) is 16.9. The Hall–Kier alpha value is -2.67. The predicted molar refractivity (Wildman–Crippen MR) is 144 cm³/mol. The lowest BCUT2D eigenvalue weighted by Crippen LogP contribution is -2.31. The third-order valence-corrected chi connectivity index (χ3v) is 7.66. The minimum atomic E-state index is -0.676. The van der Waals surface area contributed by atoms with Crippen LogP contribution in [0.2, 0.25) is 0 Å². The van der Waals surface area contributed by atoms with E-state index in [1.165, 1.54) is 22.7 Å². The van der Waals surface area contributed by atoms with Gasteiger partial charge in [0, 0.05) is 41.8 Å². The first-order valence-corrected chi connectivity index (χ1v) is 12.7. The number of thiazole rings is 1. The van der Waals surface area contributed by atoms with Gasteiger partial charge in [0.1, 0.15) is 10.5 Å². The van der Waals surface area contributed by atoms with Crippen LogP contribution in [-0.4, -0.2) is 57.4 Å². The van der Waals surface area contributed by atoms with Crippen molar-refractivity contribution in [2.45, 2.75) is 19.5 Å². The Morgan fingerprint density at radius 1 is 1.22 bits per heavy atom. The number of carbonyl (C=O) groups excluding carboxylic acids is 1. The molecule has 1 aromatic carbocycles. The van der Waals surface area contributed by atoms with E-state index in [4.69, 9.17) is 5.73 Å². The normalized spacial score (nSPS) is 12.0. The van der Waals surface area contributed by atoms with Crippen molar-refractivity contribution in [2.24, 2.45) is 5.73 Å². The third-order valence-electron chi connectivity index (χ3n) is 5.47. The number of primary amides is 1. The molecule has 5 N–H and O–H groups in total. The number of aliphatic hydroxyl groups is 2. The number of fused-ring (bicyclic) bond motifs is 1. The number of carbonyl (C=O) groups is 1. The summed E-state index contributed by atoms with van der Waals surface area (Å²) in [5, 5.41) is 23.6. The van der Waals surface area contributed by atoms with Gasteiger partial charge in [-0.2, -0.15) is 0 Å². The summed E-state index contributed by atoms with van der Waals surface area (Å²) in [6.07, 6.45) is 1.68. The van der Waals surface area contributed by atoms with Crippen molar-refractivity contribution in [3.63, 3.8) is 0 Å². The second-order valence-electron chi connectivity index (χ2n) is 7.99. The molecule has 0 saturated heterocycles. The van der Waals surface area contributed by atoms with Gasteiger partial charge in [-0.05, 0) is 42.1 Å². The number of amides is 2. The van der Waals surface area contributed by atoms with Crippen molar-refractivity contribution < 1.29 is 19.4 Å². The predicted octanol–water partition coefficient (Wildman–Crippen LogP) is 4.16. The Balaban J connectivity index is 0.00000361. The van der Waals surface area contributed by atoms with Crippen LogP contribution in [0, 0.1) is 5.82 Å². The molecule has 4 rings (SSSR count). The van der Waals surface area contributed by atoms with Crippen molar-refractivity contribution >= 4 is 51.3 Å². The molecule has 36 heavy (non-hydrogen) atoms. The summed E-state index contributed by atoms with van der Waals surface area (Å²) in [5.74, 6) is -0.444. The van der Waals surface area contributed by atoms with Crippen LogP contribution in [0.5, 0.6) is 0 Å². The van der Waals surface area contributed by atoms with Crippen LogP contribution in [0.4, 0.5) is 9.18 Å². The number of rotatable bonds is 10. The van der Waals surface area contributed by atoms with Crippen LogP contribution < -0.4 is 11.1 Å². The maximum absolute atomic E-state index is 15.8. The molecule has 3 heterocycles. The number of hydrogen-bond donors (Lipinski definition) is 4. The molecule has 8 nitrogen and oxygen atoms in total. The van der Waals surface area contributed by atoms with Crippen LogP contribution in [0.3, 0.4) is 0 Å². The molecule has 0 fully saturated rings. The summed E-state index contributed by atoms with van der Waals surface area (Å²) >= 11 is 2.79. The van der Waals surface area contributed by atoms with E-state index in [1.54, 1.807) is 19.2 Å². The monoisotopic (exact) mass is 551 g/mol. The van der Waals surface area contributed by atoms with Gasteiger partial charge in [0.25, 0.3) is 0 Å². The Bertz CT molecular complexity index is 1310. The van der Waals surface area contributed by atoms with Gasteiger partial charge in [-0.15, -0.1) is 35.1 Å². The Labute approximate surface area is 222 Å². The van der Waals surface area contributed by atoms with Crippen LogP contribution in [-0.2, 0) is 6.54 Å². The minimum absolute atomic E-state index is 0. The average Bonchev–Trinajstić information content (AvgIpc) is 3.48. The van der Waals surface area contributed by atoms with Gasteiger partial charge >= 0.3 is 6.03 Å². The van der Waals surface area contributed by atoms with Gasteiger partial charge in [-0.3, -0.25) is 9.88 Å². The highest BCUT2D eigenvalue weighted by atomic mass is 35.5. The van der Waals surface area contributed by atoms with Gasteiger partial charge in [-0.1, -0.05) is 6.07 Å². The molecule has 4 aromatic rings. The summed E-state index contributed by atoms with van der Waals surface area (Å²) in [6.45, 7) is 3.16. The summed E-state index contributed by atoms with van der Waals surface area (Å²) in [5.41, 5.74) is 8.05. The molecule has 1 atom stereocenters. The van der Waals surface area contributed by atoms with E-state index in [9.17, 15) is 15.0 Å². The first kappa shape index (κ1) is 27.9. The van der Waals surface area contributed by atoms with E-state index in [0.717, 1.165) is 10.4 Å². The number of halogens is 2. The van der Waals surface area contributed by atoms with E-state index in [-0.39, 0.29) is 31.1 Å². The zero-order valence-electron chi connectivity index (χ0n) is 19.5. The largest absolute Gasteiger partial charge is 0.395 e. The molecule has 0 saturated carbocycles. The summed E-state index contributed by atoms with van der Waals surface area (Å²) in [4.78, 5) is 23.2. The molecule has 192 valence electrons. The zero-order valence-corrected chi connectivity index (χ0v) is 21.9. The lowest BCUT2D eigenvalue weighted by Gasteiger charge is -2.18. The number of aromatic nitrogens is 2. The molecular formula is C24H27ClFN5O3S2. The lowest BCUT2D eigenvalue weighted by molar-refractivity contribution is 0.157. The van der Waals surface area contributed by atoms with Gasteiger partial charge in [-0.25, -0.2) is 14.2 Å².